The summed E-state index contributed by atoms with van der Waals surface area (Å²) in [4.78, 5) is 13.2. The van der Waals surface area contributed by atoms with Crippen LogP contribution in [-0.4, -0.2) is 43.5 Å². The summed E-state index contributed by atoms with van der Waals surface area (Å²) < 4.78 is 5.16. The zero-order chi connectivity index (χ0) is 12.7. The fraction of sp³-hybridized carbons (Fsp3) is 0.462. The summed E-state index contributed by atoms with van der Waals surface area (Å²) in [5.41, 5.74) is 1.18. The smallest absolute Gasteiger partial charge is 0.237 e. The van der Waals surface area contributed by atoms with E-state index in [0.29, 0.717) is 6.61 Å². The maximum absolute atomic E-state index is 11.6. The SMILES string of the molecule is COCC(Cc1ccccc1)N(C)C(=O)CCl. The van der Waals surface area contributed by atoms with Gasteiger partial charge in [0, 0.05) is 14.2 Å². The van der Waals surface area contributed by atoms with Crippen molar-refractivity contribution in [3.05, 3.63) is 35.9 Å². The fourth-order valence-corrected chi connectivity index (χ4v) is 1.87. The maximum atomic E-state index is 11.6. The van der Waals surface area contributed by atoms with Crippen LogP contribution < -0.4 is 0 Å². The summed E-state index contributed by atoms with van der Waals surface area (Å²) in [5.74, 6) is -0.0736. The molecule has 0 radical (unpaired) electrons. The summed E-state index contributed by atoms with van der Waals surface area (Å²) >= 11 is 5.56. The predicted molar refractivity (Wildman–Crippen MR) is 69.3 cm³/mol. The Morgan fingerprint density at radius 1 is 1.41 bits per heavy atom. The summed E-state index contributed by atoms with van der Waals surface area (Å²) in [6, 6.07) is 10.1. The van der Waals surface area contributed by atoms with Crippen LogP contribution in [0.2, 0.25) is 0 Å². The highest BCUT2D eigenvalue weighted by molar-refractivity contribution is 6.27. The van der Waals surface area contributed by atoms with Crippen LogP contribution in [0.5, 0.6) is 0 Å². The monoisotopic (exact) mass is 255 g/mol. The average Bonchev–Trinajstić information content (AvgIpc) is 2.37. The second-order valence-corrected chi connectivity index (χ2v) is 4.20. The van der Waals surface area contributed by atoms with Gasteiger partial charge in [0.2, 0.25) is 5.91 Å². The van der Waals surface area contributed by atoms with Crippen molar-refractivity contribution in [2.45, 2.75) is 12.5 Å². The van der Waals surface area contributed by atoms with Gasteiger partial charge in [0.1, 0.15) is 5.88 Å². The molecule has 0 aliphatic heterocycles. The van der Waals surface area contributed by atoms with E-state index in [2.05, 4.69) is 0 Å². The minimum absolute atomic E-state index is 0.00546. The van der Waals surface area contributed by atoms with Gasteiger partial charge in [-0.3, -0.25) is 4.79 Å². The van der Waals surface area contributed by atoms with Crippen molar-refractivity contribution >= 4 is 17.5 Å². The van der Waals surface area contributed by atoms with Gasteiger partial charge in [-0.15, -0.1) is 11.6 Å². The molecule has 0 saturated heterocycles. The quantitative estimate of drug-likeness (QED) is 0.727. The topological polar surface area (TPSA) is 29.5 Å². The van der Waals surface area contributed by atoms with E-state index in [1.165, 1.54) is 5.56 Å². The van der Waals surface area contributed by atoms with E-state index >= 15 is 0 Å². The fourth-order valence-electron chi connectivity index (χ4n) is 1.68. The van der Waals surface area contributed by atoms with E-state index in [1.54, 1.807) is 19.1 Å². The minimum Gasteiger partial charge on any atom is -0.383 e. The molecule has 4 heteroatoms. The summed E-state index contributed by atoms with van der Waals surface area (Å²) in [7, 11) is 3.40. The van der Waals surface area contributed by atoms with Crippen LogP contribution in [0.3, 0.4) is 0 Å². The molecule has 0 aliphatic rings. The molecule has 3 nitrogen and oxygen atoms in total. The Morgan fingerprint density at radius 2 is 2.06 bits per heavy atom. The number of benzene rings is 1. The molecule has 0 N–H and O–H groups in total. The second-order valence-electron chi connectivity index (χ2n) is 3.94. The number of carbonyl (C=O) groups excluding carboxylic acids is 1. The molecular weight excluding hydrogens is 238 g/mol. The molecule has 0 spiro atoms. The minimum atomic E-state index is -0.0790. The molecule has 1 atom stereocenters. The Kier molecular flexibility index (Phi) is 6.01. The number of alkyl halides is 1. The number of ether oxygens (including phenoxy) is 1. The van der Waals surface area contributed by atoms with Crippen molar-refractivity contribution in [1.29, 1.82) is 0 Å². The Hall–Kier alpha value is -1.06. The number of methoxy groups -OCH3 is 1. The number of likely N-dealkylation sites (N-methyl/N-ethyl adjacent to an activating group) is 1. The van der Waals surface area contributed by atoms with E-state index in [1.807, 2.05) is 30.3 Å². The summed E-state index contributed by atoms with van der Waals surface area (Å²) in [6.45, 7) is 0.508. The lowest BCUT2D eigenvalue weighted by Gasteiger charge is -2.27. The van der Waals surface area contributed by atoms with Crippen LogP contribution in [0, 0.1) is 0 Å². The third-order valence-electron chi connectivity index (χ3n) is 2.73. The highest BCUT2D eigenvalue weighted by Gasteiger charge is 2.19. The highest BCUT2D eigenvalue weighted by atomic mass is 35.5. The van der Waals surface area contributed by atoms with Crippen molar-refractivity contribution in [2.24, 2.45) is 0 Å². The molecule has 0 saturated carbocycles. The first kappa shape index (κ1) is 14.0. The Bertz CT molecular complexity index is 343. The largest absolute Gasteiger partial charge is 0.383 e. The molecule has 94 valence electrons. The van der Waals surface area contributed by atoms with Gasteiger partial charge in [0.25, 0.3) is 0 Å². The first-order chi connectivity index (χ1) is 8.19. The lowest BCUT2D eigenvalue weighted by atomic mass is 10.1. The lowest BCUT2D eigenvalue weighted by Crippen LogP contribution is -2.42. The molecule has 1 aromatic carbocycles. The van der Waals surface area contributed by atoms with Crippen LogP contribution in [0.1, 0.15) is 5.56 Å². The van der Waals surface area contributed by atoms with Crippen LogP contribution in [0.15, 0.2) is 30.3 Å². The van der Waals surface area contributed by atoms with Gasteiger partial charge in [0.15, 0.2) is 0 Å². The van der Waals surface area contributed by atoms with E-state index < -0.39 is 0 Å². The molecular formula is C13H18ClNO2. The molecule has 1 unspecified atom stereocenters. The van der Waals surface area contributed by atoms with Gasteiger partial charge in [-0.25, -0.2) is 0 Å². The van der Waals surface area contributed by atoms with E-state index in [-0.39, 0.29) is 17.8 Å². The van der Waals surface area contributed by atoms with Crippen molar-refractivity contribution in [1.82, 2.24) is 4.90 Å². The highest BCUT2D eigenvalue weighted by Crippen LogP contribution is 2.09. The van der Waals surface area contributed by atoms with Crippen molar-refractivity contribution < 1.29 is 9.53 Å². The average molecular weight is 256 g/mol. The van der Waals surface area contributed by atoms with Crippen molar-refractivity contribution in [3.63, 3.8) is 0 Å². The normalized spacial score (nSPS) is 12.2. The second kappa shape index (κ2) is 7.30. The van der Waals surface area contributed by atoms with Crippen LogP contribution in [-0.2, 0) is 16.0 Å². The van der Waals surface area contributed by atoms with Gasteiger partial charge in [-0.1, -0.05) is 30.3 Å². The zero-order valence-corrected chi connectivity index (χ0v) is 11.0. The Labute approximate surface area is 107 Å². The molecule has 0 heterocycles. The van der Waals surface area contributed by atoms with Gasteiger partial charge in [0.05, 0.1) is 12.6 Å². The Balaban J connectivity index is 2.69. The molecule has 1 rings (SSSR count). The van der Waals surface area contributed by atoms with Crippen molar-refractivity contribution in [2.75, 3.05) is 26.6 Å². The summed E-state index contributed by atoms with van der Waals surface area (Å²) in [5, 5.41) is 0. The number of hydrogen-bond acceptors (Lipinski definition) is 2. The Morgan fingerprint density at radius 3 is 2.59 bits per heavy atom. The first-order valence-corrected chi connectivity index (χ1v) is 6.07. The van der Waals surface area contributed by atoms with Gasteiger partial charge in [-0.05, 0) is 12.0 Å². The number of carbonyl (C=O) groups is 1. The van der Waals surface area contributed by atoms with Crippen LogP contribution in [0.4, 0.5) is 0 Å². The summed E-state index contributed by atoms with van der Waals surface area (Å²) in [6.07, 6.45) is 0.772. The third kappa shape index (κ3) is 4.36. The predicted octanol–water partition coefficient (Wildman–Crippen LogP) is 1.94. The standard InChI is InChI=1S/C13H18ClNO2/c1-15(13(16)9-14)12(10-17-2)8-11-6-4-3-5-7-11/h3-7,12H,8-10H2,1-2H3. The van der Waals surface area contributed by atoms with Gasteiger partial charge >= 0.3 is 0 Å². The molecule has 0 aromatic heterocycles. The third-order valence-corrected chi connectivity index (χ3v) is 2.96. The molecule has 0 aliphatic carbocycles. The molecule has 1 amide bonds. The number of hydrogen-bond donors (Lipinski definition) is 0. The van der Waals surface area contributed by atoms with E-state index in [0.717, 1.165) is 6.42 Å². The first-order valence-electron chi connectivity index (χ1n) is 5.53. The van der Waals surface area contributed by atoms with E-state index in [9.17, 15) is 4.79 Å². The maximum Gasteiger partial charge on any atom is 0.237 e. The molecule has 1 aromatic rings. The molecule has 17 heavy (non-hydrogen) atoms. The van der Waals surface area contributed by atoms with Crippen molar-refractivity contribution in [3.8, 4) is 0 Å². The number of amides is 1. The van der Waals surface area contributed by atoms with Gasteiger partial charge in [-0.2, -0.15) is 0 Å². The molecule has 0 bridgehead atoms. The van der Waals surface area contributed by atoms with Crippen LogP contribution in [0.25, 0.3) is 0 Å². The number of halogens is 1. The van der Waals surface area contributed by atoms with Gasteiger partial charge < -0.3 is 9.64 Å². The lowest BCUT2D eigenvalue weighted by molar-refractivity contribution is -0.130. The van der Waals surface area contributed by atoms with E-state index in [4.69, 9.17) is 16.3 Å². The number of nitrogens with zero attached hydrogens (tertiary/aromatic N) is 1. The number of rotatable bonds is 6. The zero-order valence-electron chi connectivity index (χ0n) is 10.2. The van der Waals surface area contributed by atoms with Crippen LogP contribution >= 0.6 is 11.6 Å². The molecule has 0 fully saturated rings.